The number of hydrazone groups is 1. The first-order valence-electron chi connectivity index (χ1n) is 7.98. The second kappa shape index (κ2) is 8.31. The number of carbonyl (C=O) groups excluding carboxylic acids is 2. The van der Waals surface area contributed by atoms with Gasteiger partial charge in [0.2, 0.25) is 5.11 Å². The van der Waals surface area contributed by atoms with E-state index in [9.17, 15) is 9.59 Å². The molecule has 8 nitrogen and oxygen atoms in total. The number of rotatable bonds is 5. The number of nitrogens with zero attached hydrogens (tertiary/aromatic N) is 4. The van der Waals surface area contributed by atoms with Gasteiger partial charge < -0.3 is 9.47 Å². The fourth-order valence-corrected chi connectivity index (χ4v) is 2.38. The highest BCUT2D eigenvalue weighted by atomic mass is 32.1. The first-order valence-corrected chi connectivity index (χ1v) is 8.38. The van der Waals surface area contributed by atoms with E-state index < -0.39 is 11.9 Å². The van der Waals surface area contributed by atoms with E-state index in [1.165, 1.54) is 13.3 Å². The van der Waals surface area contributed by atoms with E-state index in [4.69, 9.17) is 21.7 Å². The SMILES string of the molecule is C=C1N=NC(=S)N(/N=C/c2ccc(OC(=O)c3ccccc3)c(OC)c2)C1=O. The molecule has 9 heteroatoms. The van der Waals surface area contributed by atoms with Crippen LogP contribution in [0.4, 0.5) is 0 Å². The van der Waals surface area contributed by atoms with Crippen LogP contribution >= 0.6 is 12.2 Å². The van der Waals surface area contributed by atoms with Crippen LogP contribution in [-0.2, 0) is 4.79 Å². The number of azo groups is 1. The van der Waals surface area contributed by atoms with E-state index in [1.54, 1.807) is 48.5 Å². The van der Waals surface area contributed by atoms with Gasteiger partial charge in [0, 0.05) is 0 Å². The van der Waals surface area contributed by atoms with Crippen molar-refractivity contribution in [3.63, 3.8) is 0 Å². The van der Waals surface area contributed by atoms with Crippen molar-refractivity contribution in [1.29, 1.82) is 0 Å². The molecule has 0 atom stereocenters. The number of hydrogen-bond donors (Lipinski definition) is 0. The van der Waals surface area contributed by atoms with Gasteiger partial charge in [-0.3, -0.25) is 4.79 Å². The summed E-state index contributed by atoms with van der Waals surface area (Å²) in [4.78, 5) is 24.2. The van der Waals surface area contributed by atoms with Crippen molar-refractivity contribution in [2.75, 3.05) is 7.11 Å². The summed E-state index contributed by atoms with van der Waals surface area (Å²) in [5.74, 6) is -0.491. The van der Waals surface area contributed by atoms with Gasteiger partial charge >= 0.3 is 11.9 Å². The Bertz CT molecular complexity index is 1020. The van der Waals surface area contributed by atoms with Gasteiger partial charge in [0.1, 0.15) is 5.70 Å². The molecular formula is C19H14N4O4S. The molecule has 0 unspecified atom stereocenters. The lowest BCUT2D eigenvalue weighted by Crippen LogP contribution is -2.33. The van der Waals surface area contributed by atoms with E-state index >= 15 is 0 Å². The predicted molar refractivity (Wildman–Crippen MR) is 105 cm³/mol. The Morgan fingerprint density at radius 1 is 1.18 bits per heavy atom. The second-order valence-corrected chi connectivity index (χ2v) is 5.82. The van der Waals surface area contributed by atoms with Crippen molar-refractivity contribution in [2.45, 2.75) is 0 Å². The Morgan fingerprint density at radius 2 is 1.93 bits per heavy atom. The average Bonchev–Trinajstić information content (AvgIpc) is 2.72. The molecule has 1 aliphatic heterocycles. The van der Waals surface area contributed by atoms with Crippen LogP contribution in [0.3, 0.4) is 0 Å². The molecule has 0 N–H and O–H groups in total. The third-order valence-electron chi connectivity index (χ3n) is 3.60. The van der Waals surface area contributed by atoms with Gasteiger partial charge in [0.25, 0.3) is 0 Å². The molecule has 0 aromatic heterocycles. The number of esters is 1. The molecule has 2 aromatic carbocycles. The Labute approximate surface area is 165 Å². The fraction of sp³-hybridized carbons (Fsp3) is 0.0526. The van der Waals surface area contributed by atoms with E-state index in [1.807, 2.05) is 0 Å². The van der Waals surface area contributed by atoms with Crippen LogP contribution in [0.15, 0.2) is 76.1 Å². The van der Waals surface area contributed by atoms with Crippen molar-refractivity contribution in [3.05, 3.63) is 71.9 Å². The normalized spacial score (nSPS) is 13.9. The first kappa shape index (κ1) is 19.1. The van der Waals surface area contributed by atoms with Crippen molar-refractivity contribution < 1.29 is 19.1 Å². The zero-order valence-corrected chi connectivity index (χ0v) is 15.5. The number of thiocarbonyl (C=S) groups is 1. The average molecular weight is 394 g/mol. The maximum absolute atomic E-state index is 12.2. The minimum atomic E-state index is -0.559. The summed E-state index contributed by atoms with van der Waals surface area (Å²) >= 11 is 4.94. The molecule has 3 rings (SSSR count). The highest BCUT2D eigenvalue weighted by Gasteiger charge is 2.24. The third-order valence-corrected chi connectivity index (χ3v) is 3.85. The predicted octanol–water partition coefficient (Wildman–Crippen LogP) is 3.34. The molecule has 1 amide bonds. The van der Waals surface area contributed by atoms with Gasteiger partial charge in [0.05, 0.1) is 18.9 Å². The van der Waals surface area contributed by atoms with Gasteiger partial charge in [-0.2, -0.15) is 10.1 Å². The maximum Gasteiger partial charge on any atom is 0.343 e. The summed E-state index contributed by atoms with van der Waals surface area (Å²) in [6.07, 6.45) is 1.39. The third kappa shape index (κ3) is 4.15. The number of amides is 1. The van der Waals surface area contributed by atoms with E-state index in [2.05, 4.69) is 21.9 Å². The number of carbonyl (C=O) groups is 2. The summed E-state index contributed by atoms with van der Waals surface area (Å²) in [5.41, 5.74) is 0.938. The lowest BCUT2D eigenvalue weighted by atomic mass is 10.2. The number of benzene rings is 2. The van der Waals surface area contributed by atoms with Crippen LogP contribution in [-0.4, -0.2) is 35.3 Å². The van der Waals surface area contributed by atoms with Gasteiger partial charge in [-0.25, -0.2) is 4.79 Å². The topological polar surface area (TPSA) is 92.9 Å². The van der Waals surface area contributed by atoms with Crippen LogP contribution in [0.25, 0.3) is 0 Å². The van der Waals surface area contributed by atoms with Gasteiger partial charge in [-0.15, -0.1) is 10.2 Å². The lowest BCUT2D eigenvalue weighted by Gasteiger charge is -2.16. The quantitative estimate of drug-likeness (QED) is 0.255. The fourth-order valence-electron chi connectivity index (χ4n) is 2.21. The molecule has 1 heterocycles. The second-order valence-electron chi connectivity index (χ2n) is 5.46. The largest absolute Gasteiger partial charge is 0.493 e. The van der Waals surface area contributed by atoms with Crippen LogP contribution in [0.5, 0.6) is 11.5 Å². The molecule has 0 bridgehead atoms. The summed E-state index contributed by atoms with van der Waals surface area (Å²) < 4.78 is 10.7. The smallest absolute Gasteiger partial charge is 0.343 e. The zero-order valence-electron chi connectivity index (χ0n) is 14.7. The van der Waals surface area contributed by atoms with Crippen molar-refractivity contribution in [3.8, 4) is 11.5 Å². The Hall–Kier alpha value is -3.72. The van der Waals surface area contributed by atoms with Crippen molar-refractivity contribution >= 4 is 35.4 Å². The highest BCUT2D eigenvalue weighted by molar-refractivity contribution is 7.80. The number of hydrogen-bond acceptors (Lipinski definition) is 7. The Balaban J connectivity index is 1.79. The van der Waals surface area contributed by atoms with Crippen molar-refractivity contribution in [2.24, 2.45) is 15.3 Å². The highest BCUT2D eigenvalue weighted by Crippen LogP contribution is 2.28. The summed E-state index contributed by atoms with van der Waals surface area (Å²) in [5, 5.41) is 12.0. The van der Waals surface area contributed by atoms with E-state index in [-0.39, 0.29) is 16.6 Å². The van der Waals surface area contributed by atoms with Crippen LogP contribution < -0.4 is 9.47 Å². The van der Waals surface area contributed by atoms with Crippen molar-refractivity contribution in [1.82, 2.24) is 5.01 Å². The van der Waals surface area contributed by atoms with Gasteiger partial charge in [-0.05, 0) is 48.1 Å². The van der Waals surface area contributed by atoms with Gasteiger partial charge in [-0.1, -0.05) is 24.8 Å². The molecule has 0 saturated carbocycles. The summed E-state index contributed by atoms with van der Waals surface area (Å²) in [6, 6.07) is 13.4. The summed E-state index contributed by atoms with van der Waals surface area (Å²) in [6.45, 7) is 3.47. The van der Waals surface area contributed by atoms with E-state index in [0.717, 1.165) is 5.01 Å². The standard InChI is InChI=1S/C19H14N4O4S/c1-12-17(24)23(19(28)22-21-12)20-11-13-8-9-15(16(10-13)26-2)27-18(25)14-6-4-3-5-7-14/h3-11H,1H2,2H3/b20-11+. The molecule has 1 aliphatic rings. The Morgan fingerprint density at radius 3 is 2.64 bits per heavy atom. The van der Waals surface area contributed by atoms with Crippen LogP contribution in [0.1, 0.15) is 15.9 Å². The monoisotopic (exact) mass is 394 g/mol. The molecule has 0 saturated heterocycles. The Kier molecular flexibility index (Phi) is 5.66. The molecule has 28 heavy (non-hydrogen) atoms. The maximum atomic E-state index is 12.2. The molecule has 140 valence electrons. The lowest BCUT2D eigenvalue weighted by molar-refractivity contribution is -0.123. The molecule has 0 fully saturated rings. The minimum Gasteiger partial charge on any atom is -0.493 e. The number of ether oxygens (including phenoxy) is 2. The molecule has 2 aromatic rings. The van der Waals surface area contributed by atoms with Crippen LogP contribution in [0, 0.1) is 0 Å². The van der Waals surface area contributed by atoms with Crippen LogP contribution in [0.2, 0.25) is 0 Å². The molecule has 0 spiro atoms. The van der Waals surface area contributed by atoms with Gasteiger partial charge in [0.15, 0.2) is 11.5 Å². The molecule has 0 aliphatic carbocycles. The minimum absolute atomic E-state index is 0.0634. The summed E-state index contributed by atoms with van der Waals surface area (Å²) in [7, 11) is 1.45. The van der Waals surface area contributed by atoms with E-state index in [0.29, 0.717) is 16.9 Å². The first-order chi connectivity index (χ1) is 13.5. The molecule has 0 radical (unpaired) electrons. The zero-order chi connectivity index (χ0) is 20.1. The molecular weight excluding hydrogens is 380 g/mol. The number of methoxy groups -OCH3 is 1.